The third-order valence-electron chi connectivity index (χ3n) is 16.4. The van der Waals surface area contributed by atoms with Crippen LogP contribution in [0, 0.1) is 0 Å². The van der Waals surface area contributed by atoms with Gasteiger partial charge in [-0.05, 0) is 89.9 Å². The number of rotatable bonds is 61. The highest BCUT2D eigenvalue weighted by atomic mass is 16.7. The summed E-state index contributed by atoms with van der Waals surface area (Å²) in [5.41, 5.74) is 0. The number of nitrogens with one attached hydrogen (secondary N) is 1. The van der Waals surface area contributed by atoms with Gasteiger partial charge in [-0.1, -0.05) is 274 Å². The zero-order chi connectivity index (χ0) is 59.5. The number of aliphatic hydroxyl groups is 5. The van der Waals surface area contributed by atoms with Gasteiger partial charge in [-0.25, -0.2) is 0 Å². The Morgan fingerprint density at radius 1 is 0.451 bits per heavy atom. The molecule has 1 amide bonds. The first-order valence-electron chi connectivity index (χ1n) is 34.9. The third kappa shape index (κ3) is 48.8. The third-order valence-corrected chi connectivity index (χ3v) is 16.4. The lowest BCUT2D eigenvalue weighted by Crippen LogP contribution is -2.60. The van der Waals surface area contributed by atoms with Gasteiger partial charge in [0.25, 0.3) is 0 Å². The Bertz CT molecular complexity index is 1500. The quantitative estimate of drug-likeness (QED) is 0.0195. The summed E-state index contributed by atoms with van der Waals surface area (Å²) < 4.78 is 16.7. The first-order valence-corrected chi connectivity index (χ1v) is 34.9. The summed E-state index contributed by atoms with van der Waals surface area (Å²) in [6.45, 7) is 4.34. The molecular weight excluding hydrogens is 1030 g/mol. The molecule has 0 aliphatic carbocycles. The number of ether oxygens (including phenoxy) is 3. The van der Waals surface area contributed by atoms with Crippen LogP contribution in [0.15, 0.2) is 48.6 Å². The normalized spacial score (nSPS) is 18.5. The molecule has 11 nitrogen and oxygen atoms in total. The summed E-state index contributed by atoms with van der Waals surface area (Å²) in [7, 11) is 0. The lowest BCUT2D eigenvalue weighted by atomic mass is 9.99. The van der Waals surface area contributed by atoms with E-state index in [1.807, 2.05) is 6.08 Å². The predicted octanol–water partition coefficient (Wildman–Crippen LogP) is 17.6. The van der Waals surface area contributed by atoms with E-state index in [0.29, 0.717) is 19.4 Å². The minimum atomic E-state index is -1.57. The Morgan fingerprint density at radius 3 is 1.27 bits per heavy atom. The number of unbranched alkanes of at least 4 members (excludes halogenated alkanes) is 41. The Labute approximate surface area is 504 Å². The molecule has 1 saturated heterocycles. The molecule has 1 aliphatic heterocycles. The van der Waals surface area contributed by atoms with Gasteiger partial charge in [-0.2, -0.15) is 0 Å². The summed E-state index contributed by atoms with van der Waals surface area (Å²) in [5, 5.41) is 54.6. The van der Waals surface area contributed by atoms with Crippen molar-refractivity contribution in [2.45, 2.75) is 371 Å². The molecule has 6 N–H and O–H groups in total. The molecule has 0 aromatic heterocycles. The van der Waals surface area contributed by atoms with Crippen molar-refractivity contribution in [3.05, 3.63) is 48.6 Å². The summed E-state index contributed by atoms with van der Waals surface area (Å²) in [6.07, 6.45) is 67.9. The Morgan fingerprint density at radius 2 is 0.817 bits per heavy atom. The van der Waals surface area contributed by atoms with Gasteiger partial charge < -0.3 is 45.1 Å². The van der Waals surface area contributed by atoms with E-state index in [0.717, 1.165) is 70.6 Å². The molecule has 82 heavy (non-hydrogen) atoms. The van der Waals surface area contributed by atoms with Gasteiger partial charge in [0.1, 0.15) is 24.4 Å². The van der Waals surface area contributed by atoms with E-state index in [1.54, 1.807) is 6.08 Å². The smallest absolute Gasteiger partial charge is 0.305 e. The zero-order valence-electron chi connectivity index (χ0n) is 53.2. The van der Waals surface area contributed by atoms with Crippen molar-refractivity contribution in [3.8, 4) is 0 Å². The maximum atomic E-state index is 13.1. The molecule has 1 aliphatic rings. The number of carbonyl (C=O) groups excluding carboxylic acids is 2. The lowest BCUT2D eigenvalue weighted by Gasteiger charge is -2.40. The van der Waals surface area contributed by atoms with Gasteiger partial charge in [0.2, 0.25) is 5.91 Å². The molecule has 1 heterocycles. The summed E-state index contributed by atoms with van der Waals surface area (Å²) in [6, 6.07) is -0.814. The second kappa shape index (κ2) is 60.3. The molecule has 0 radical (unpaired) electrons. The molecule has 0 bridgehead atoms. The van der Waals surface area contributed by atoms with Crippen molar-refractivity contribution in [2.75, 3.05) is 19.8 Å². The maximum absolute atomic E-state index is 13.1. The first kappa shape index (κ1) is 77.6. The zero-order valence-corrected chi connectivity index (χ0v) is 53.2. The highest BCUT2D eigenvalue weighted by molar-refractivity contribution is 5.76. The van der Waals surface area contributed by atoms with E-state index in [2.05, 4.69) is 55.6 Å². The molecular formula is C71H131NO10. The van der Waals surface area contributed by atoms with Crippen molar-refractivity contribution < 1.29 is 49.3 Å². The van der Waals surface area contributed by atoms with E-state index >= 15 is 0 Å². The highest BCUT2D eigenvalue weighted by Crippen LogP contribution is 2.23. The second-order valence-corrected chi connectivity index (χ2v) is 24.2. The number of amides is 1. The molecule has 0 spiro atoms. The van der Waals surface area contributed by atoms with Gasteiger partial charge in [0, 0.05) is 12.8 Å². The molecule has 0 saturated carbocycles. The molecule has 0 aromatic rings. The molecule has 0 aromatic carbocycles. The fraction of sp³-hybridized carbons (Fsp3) is 0.859. The largest absolute Gasteiger partial charge is 0.466 e. The van der Waals surface area contributed by atoms with Crippen LogP contribution in [0.25, 0.3) is 0 Å². The van der Waals surface area contributed by atoms with Crippen LogP contribution in [0.5, 0.6) is 0 Å². The van der Waals surface area contributed by atoms with E-state index in [9.17, 15) is 35.1 Å². The lowest BCUT2D eigenvalue weighted by molar-refractivity contribution is -0.302. The Kier molecular flexibility index (Phi) is 57.1. The van der Waals surface area contributed by atoms with E-state index in [4.69, 9.17) is 14.2 Å². The SMILES string of the molecule is CCCCC/C=C\CCCCCCCC(=O)OCCCCCCCCCCC/C=C\C/C=C\CCCCCCCCCCCCCC(=O)NC(COC1OC(CO)C(O)C(O)C1O)C(O)/C=C/CCCCCCCCCCCCCCC. The van der Waals surface area contributed by atoms with Crippen molar-refractivity contribution >= 4 is 11.9 Å². The molecule has 1 rings (SSSR count). The minimum absolute atomic E-state index is 0.00907. The number of esters is 1. The monoisotopic (exact) mass is 1160 g/mol. The molecule has 11 heteroatoms. The van der Waals surface area contributed by atoms with Crippen LogP contribution in [0.3, 0.4) is 0 Å². The molecule has 1 fully saturated rings. The van der Waals surface area contributed by atoms with Gasteiger partial charge in [0.05, 0.1) is 32.0 Å². The van der Waals surface area contributed by atoms with Crippen LogP contribution in [0.1, 0.15) is 328 Å². The van der Waals surface area contributed by atoms with Crippen molar-refractivity contribution in [1.82, 2.24) is 5.32 Å². The van der Waals surface area contributed by atoms with Crippen LogP contribution >= 0.6 is 0 Å². The summed E-state index contributed by atoms with van der Waals surface area (Å²) in [5.74, 6) is -0.192. The predicted molar refractivity (Wildman–Crippen MR) is 343 cm³/mol. The standard InChI is InChI=1S/C71H131NO10/c1-3-5-7-9-11-13-15-17-31-34-37-41-45-49-53-57-64(74)63(62-81-71-70(79)69(78)68(77)65(61-73)82-71)72-66(75)58-54-50-46-42-38-35-32-29-27-25-23-21-19-18-20-22-24-26-28-30-33-36-40-44-48-52-56-60-80-67(76)59-55-51-47-43-39-16-14-12-10-8-6-4-2/h12,14,18-19,22,24,53,57,63-65,68-71,73-74,77-79H,3-11,13,15-17,20-21,23,25-52,54-56,58-62H2,1-2H3,(H,72,75)/b14-12-,19-18-,24-22-,57-53+. The number of carbonyl (C=O) groups is 2. The van der Waals surface area contributed by atoms with Crippen LogP contribution in [0.2, 0.25) is 0 Å². The fourth-order valence-corrected chi connectivity index (χ4v) is 10.9. The van der Waals surface area contributed by atoms with Gasteiger partial charge >= 0.3 is 5.97 Å². The van der Waals surface area contributed by atoms with E-state index in [-0.39, 0.29) is 18.5 Å². The van der Waals surface area contributed by atoms with Crippen molar-refractivity contribution in [2.24, 2.45) is 0 Å². The number of hydrogen-bond donors (Lipinski definition) is 6. The second-order valence-electron chi connectivity index (χ2n) is 24.2. The van der Waals surface area contributed by atoms with Gasteiger partial charge in [0.15, 0.2) is 6.29 Å². The number of aliphatic hydroxyl groups excluding tert-OH is 5. The maximum Gasteiger partial charge on any atom is 0.305 e. The minimum Gasteiger partial charge on any atom is -0.466 e. The van der Waals surface area contributed by atoms with Crippen LogP contribution in [0.4, 0.5) is 0 Å². The first-order chi connectivity index (χ1) is 40.2. The van der Waals surface area contributed by atoms with Crippen molar-refractivity contribution in [1.29, 1.82) is 0 Å². The topological polar surface area (TPSA) is 175 Å². The molecule has 7 atom stereocenters. The highest BCUT2D eigenvalue weighted by Gasteiger charge is 2.44. The summed E-state index contributed by atoms with van der Waals surface area (Å²) in [4.78, 5) is 25.1. The van der Waals surface area contributed by atoms with Gasteiger partial charge in [-0.15, -0.1) is 0 Å². The van der Waals surface area contributed by atoms with E-state index in [1.165, 1.54) is 231 Å². The average Bonchev–Trinajstić information content (AvgIpc) is 3.48. The van der Waals surface area contributed by atoms with Crippen molar-refractivity contribution in [3.63, 3.8) is 0 Å². The summed E-state index contributed by atoms with van der Waals surface area (Å²) >= 11 is 0. The average molecular weight is 1160 g/mol. The number of allylic oxidation sites excluding steroid dienone is 7. The van der Waals surface area contributed by atoms with E-state index < -0.39 is 49.5 Å². The fourth-order valence-electron chi connectivity index (χ4n) is 10.9. The Balaban J connectivity index is 2.04. The molecule has 480 valence electrons. The Hall–Kier alpha value is -2.38. The molecule has 7 unspecified atom stereocenters. The van der Waals surface area contributed by atoms with Crippen LogP contribution in [-0.2, 0) is 23.8 Å². The van der Waals surface area contributed by atoms with Crippen LogP contribution < -0.4 is 5.32 Å². The number of hydrogen-bond acceptors (Lipinski definition) is 10. The van der Waals surface area contributed by atoms with Crippen LogP contribution in [-0.4, -0.2) is 100 Å². The van der Waals surface area contributed by atoms with Gasteiger partial charge in [-0.3, -0.25) is 9.59 Å².